The first kappa shape index (κ1) is 16.0. The van der Waals surface area contributed by atoms with E-state index in [-0.39, 0.29) is 5.91 Å². The molecule has 1 unspecified atom stereocenters. The van der Waals surface area contributed by atoms with E-state index in [1.165, 1.54) is 25.8 Å². The minimum Gasteiger partial charge on any atom is -0.326 e. The molecular weight excluding hydrogens is 262 g/mol. The molecule has 1 aromatic rings. The predicted octanol–water partition coefficient (Wildman–Crippen LogP) is 2.74. The Morgan fingerprint density at radius 2 is 2.33 bits per heavy atom. The number of anilines is 1. The number of benzene rings is 1. The van der Waals surface area contributed by atoms with Crippen molar-refractivity contribution in [1.29, 1.82) is 0 Å². The van der Waals surface area contributed by atoms with Gasteiger partial charge >= 0.3 is 0 Å². The predicted molar refractivity (Wildman–Crippen MR) is 87.1 cm³/mol. The summed E-state index contributed by atoms with van der Waals surface area (Å²) in [5.74, 6) is 0.0939. The zero-order valence-corrected chi connectivity index (χ0v) is 13.0. The maximum absolute atomic E-state index is 12.0. The Hall–Kier alpha value is -1.39. The molecule has 4 heteroatoms. The molecule has 0 spiro atoms. The first-order chi connectivity index (χ1) is 10.2. The van der Waals surface area contributed by atoms with Gasteiger partial charge in [-0.2, -0.15) is 0 Å². The summed E-state index contributed by atoms with van der Waals surface area (Å²) in [6.07, 6.45) is 5.35. The summed E-state index contributed by atoms with van der Waals surface area (Å²) in [4.78, 5) is 14.5. The molecule has 2 rings (SSSR count). The van der Waals surface area contributed by atoms with Crippen LogP contribution in [0.5, 0.6) is 0 Å². The van der Waals surface area contributed by atoms with Gasteiger partial charge in [0.1, 0.15) is 0 Å². The first-order valence-electron chi connectivity index (χ1n) is 8.06. The van der Waals surface area contributed by atoms with E-state index in [9.17, 15) is 4.79 Å². The molecule has 1 heterocycles. The van der Waals surface area contributed by atoms with E-state index >= 15 is 0 Å². The highest BCUT2D eigenvalue weighted by Crippen LogP contribution is 2.20. The molecule has 21 heavy (non-hydrogen) atoms. The Kier molecular flexibility index (Phi) is 6.21. The van der Waals surface area contributed by atoms with Crippen LogP contribution in [0.4, 0.5) is 5.69 Å². The van der Waals surface area contributed by atoms with Crippen molar-refractivity contribution in [3.8, 4) is 0 Å². The van der Waals surface area contributed by atoms with E-state index in [0.717, 1.165) is 30.3 Å². The third-order valence-corrected chi connectivity index (χ3v) is 4.27. The molecule has 0 saturated carbocycles. The molecule has 1 fully saturated rings. The number of hydrogen-bond acceptors (Lipinski definition) is 3. The topological polar surface area (TPSA) is 58.4 Å². The van der Waals surface area contributed by atoms with Crippen molar-refractivity contribution >= 4 is 11.6 Å². The van der Waals surface area contributed by atoms with E-state index in [1.807, 2.05) is 24.3 Å². The summed E-state index contributed by atoms with van der Waals surface area (Å²) in [6, 6.07) is 8.46. The highest BCUT2D eigenvalue weighted by molar-refractivity contribution is 5.90. The zero-order valence-electron chi connectivity index (χ0n) is 13.0. The lowest BCUT2D eigenvalue weighted by molar-refractivity contribution is -0.116. The van der Waals surface area contributed by atoms with Crippen LogP contribution in [0.3, 0.4) is 0 Å². The van der Waals surface area contributed by atoms with Crippen LogP contribution in [-0.4, -0.2) is 29.9 Å². The van der Waals surface area contributed by atoms with Crippen molar-refractivity contribution < 1.29 is 4.79 Å². The van der Waals surface area contributed by atoms with Gasteiger partial charge in [0.05, 0.1) is 0 Å². The van der Waals surface area contributed by atoms with Crippen LogP contribution >= 0.6 is 0 Å². The monoisotopic (exact) mass is 289 g/mol. The SMILES string of the molecule is CCC1CCCN1CCCC(=O)Nc1cccc(CN)c1. The number of amides is 1. The van der Waals surface area contributed by atoms with E-state index in [0.29, 0.717) is 13.0 Å². The van der Waals surface area contributed by atoms with Crippen LogP contribution in [0.15, 0.2) is 24.3 Å². The lowest BCUT2D eigenvalue weighted by Crippen LogP contribution is -2.30. The fraction of sp³-hybridized carbons (Fsp3) is 0.588. The van der Waals surface area contributed by atoms with Crippen molar-refractivity contribution in [1.82, 2.24) is 4.90 Å². The van der Waals surface area contributed by atoms with Gasteiger partial charge in [-0.1, -0.05) is 19.1 Å². The van der Waals surface area contributed by atoms with E-state index in [2.05, 4.69) is 17.1 Å². The second-order valence-corrected chi connectivity index (χ2v) is 5.80. The summed E-state index contributed by atoms with van der Waals surface area (Å²) >= 11 is 0. The van der Waals surface area contributed by atoms with Crippen LogP contribution in [0.25, 0.3) is 0 Å². The molecule has 116 valence electrons. The van der Waals surface area contributed by atoms with Crippen molar-refractivity contribution in [2.75, 3.05) is 18.4 Å². The molecule has 0 radical (unpaired) electrons. The quantitative estimate of drug-likeness (QED) is 0.811. The highest BCUT2D eigenvalue weighted by atomic mass is 16.1. The van der Waals surface area contributed by atoms with Crippen molar-refractivity contribution in [2.45, 2.75) is 51.6 Å². The normalized spacial score (nSPS) is 18.9. The lowest BCUT2D eigenvalue weighted by Gasteiger charge is -2.22. The number of carbonyl (C=O) groups is 1. The van der Waals surface area contributed by atoms with Crippen molar-refractivity contribution in [3.63, 3.8) is 0 Å². The van der Waals surface area contributed by atoms with Crippen molar-refractivity contribution in [2.24, 2.45) is 5.73 Å². The minimum atomic E-state index is 0.0939. The average Bonchev–Trinajstić information content (AvgIpc) is 2.95. The molecule has 0 aliphatic carbocycles. The number of carbonyl (C=O) groups excluding carboxylic acids is 1. The maximum atomic E-state index is 12.0. The molecule has 3 N–H and O–H groups in total. The van der Waals surface area contributed by atoms with Crippen LogP contribution in [0.1, 0.15) is 44.6 Å². The Morgan fingerprint density at radius 3 is 3.10 bits per heavy atom. The first-order valence-corrected chi connectivity index (χ1v) is 8.06. The van der Waals surface area contributed by atoms with Gasteiger partial charge in [-0.25, -0.2) is 0 Å². The highest BCUT2D eigenvalue weighted by Gasteiger charge is 2.22. The third kappa shape index (κ3) is 4.83. The minimum absolute atomic E-state index is 0.0939. The Balaban J connectivity index is 1.72. The summed E-state index contributed by atoms with van der Waals surface area (Å²) < 4.78 is 0. The van der Waals surface area contributed by atoms with Crippen LogP contribution < -0.4 is 11.1 Å². The summed E-state index contributed by atoms with van der Waals surface area (Å²) in [7, 11) is 0. The molecular formula is C17H27N3O. The smallest absolute Gasteiger partial charge is 0.224 e. The summed E-state index contributed by atoms with van der Waals surface area (Å²) in [5, 5.41) is 2.95. The fourth-order valence-corrected chi connectivity index (χ4v) is 3.09. The Bertz CT molecular complexity index is 461. The maximum Gasteiger partial charge on any atom is 0.224 e. The molecule has 1 aliphatic rings. The number of nitrogens with zero attached hydrogens (tertiary/aromatic N) is 1. The van der Waals surface area contributed by atoms with Gasteiger partial charge in [0.2, 0.25) is 5.91 Å². The number of likely N-dealkylation sites (tertiary alicyclic amines) is 1. The average molecular weight is 289 g/mol. The number of nitrogens with two attached hydrogens (primary N) is 1. The molecule has 1 saturated heterocycles. The van der Waals surface area contributed by atoms with Gasteiger partial charge in [-0.3, -0.25) is 4.79 Å². The third-order valence-electron chi connectivity index (χ3n) is 4.27. The van der Waals surface area contributed by atoms with E-state index in [1.54, 1.807) is 0 Å². The van der Waals surface area contributed by atoms with Gasteiger partial charge in [0.25, 0.3) is 0 Å². The van der Waals surface area contributed by atoms with Gasteiger partial charge in [0, 0.05) is 24.7 Å². The van der Waals surface area contributed by atoms with E-state index in [4.69, 9.17) is 5.73 Å². The standard InChI is InChI=1S/C17H27N3O/c1-2-16-8-4-10-20(16)11-5-9-17(21)19-15-7-3-6-14(12-15)13-18/h3,6-7,12,16H,2,4-5,8-11,13,18H2,1H3,(H,19,21). The van der Waals surface area contributed by atoms with Gasteiger partial charge in [-0.15, -0.1) is 0 Å². The second kappa shape index (κ2) is 8.15. The van der Waals surface area contributed by atoms with Gasteiger partial charge < -0.3 is 16.0 Å². The molecule has 1 amide bonds. The zero-order chi connectivity index (χ0) is 15.1. The largest absolute Gasteiger partial charge is 0.326 e. The lowest BCUT2D eigenvalue weighted by atomic mass is 10.1. The fourth-order valence-electron chi connectivity index (χ4n) is 3.09. The van der Waals surface area contributed by atoms with E-state index < -0.39 is 0 Å². The molecule has 1 atom stereocenters. The Morgan fingerprint density at radius 1 is 1.48 bits per heavy atom. The van der Waals surface area contributed by atoms with Crippen molar-refractivity contribution in [3.05, 3.63) is 29.8 Å². The van der Waals surface area contributed by atoms with Crippen LogP contribution in [0.2, 0.25) is 0 Å². The Labute approximate surface area is 127 Å². The van der Waals surface area contributed by atoms with Crippen LogP contribution in [-0.2, 0) is 11.3 Å². The molecule has 0 aromatic heterocycles. The number of nitrogens with one attached hydrogen (secondary N) is 1. The van der Waals surface area contributed by atoms with Crippen LogP contribution in [0, 0.1) is 0 Å². The molecule has 0 bridgehead atoms. The number of hydrogen-bond donors (Lipinski definition) is 2. The second-order valence-electron chi connectivity index (χ2n) is 5.80. The molecule has 1 aromatic carbocycles. The van der Waals surface area contributed by atoms with Gasteiger partial charge in [0.15, 0.2) is 0 Å². The number of rotatable bonds is 7. The summed E-state index contributed by atoms with van der Waals surface area (Å²) in [6.45, 7) is 4.98. The van der Waals surface area contributed by atoms with Gasteiger partial charge in [-0.05, 0) is 56.5 Å². The molecule has 1 aliphatic heterocycles. The summed E-state index contributed by atoms with van der Waals surface area (Å²) in [5.41, 5.74) is 7.49. The molecule has 4 nitrogen and oxygen atoms in total.